The van der Waals surface area contributed by atoms with Crippen LogP contribution < -0.4 is 0 Å². The molecule has 88 valence electrons. The monoisotopic (exact) mass is 230 g/mol. The van der Waals surface area contributed by atoms with Crippen molar-refractivity contribution >= 4 is 0 Å². The van der Waals surface area contributed by atoms with Crippen molar-refractivity contribution in [3.8, 4) is 17.1 Å². The van der Waals surface area contributed by atoms with Gasteiger partial charge in [-0.1, -0.05) is 11.6 Å². The Kier molecular flexibility index (Phi) is 2.55. The van der Waals surface area contributed by atoms with Crippen LogP contribution in [0.2, 0.25) is 0 Å². The first kappa shape index (κ1) is 10.3. The number of nitrogens with zero attached hydrogens (tertiary/aromatic N) is 2. The van der Waals surface area contributed by atoms with Crippen LogP contribution in [-0.2, 0) is 6.42 Å². The third kappa shape index (κ3) is 2.16. The molecule has 1 aliphatic rings. The van der Waals surface area contributed by atoms with Gasteiger partial charge in [-0.2, -0.15) is 4.98 Å². The Balaban J connectivity index is 1.76. The summed E-state index contributed by atoms with van der Waals surface area (Å²) in [7, 11) is 0. The van der Waals surface area contributed by atoms with E-state index in [9.17, 15) is 5.11 Å². The molecule has 17 heavy (non-hydrogen) atoms. The molecule has 1 aromatic heterocycles. The summed E-state index contributed by atoms with van der Waals surface area (Å²) in [5, 5.41) is 13.2. The standard InChI is InChI=1S/C13H14N2O2/c16-11-6-4-10(5-7-11)13-14-12(17-15-13)8-9-2-1-3-9/h4-7,9,16H,1-3,8H2. The van der Waals surface area contributed by atoms with E-state index in [1.165, 1.54) is 19.3 Å². The molecular weight excluding hydrogens is 216 g/mol. The molecule has 0 unspecified atom stereocenters. The van der Waals surface area contributed by atoms with Crippen LogP contribution in [0.15, 0.2) is 28.8 Å². The Bertz CT molecular complexity index is 500. The molecule has 0 atom stereocenters. The van der Waals surface area contributed by atoms with Gasteiger partial charge in [0.15, 0.2) is 0 Å². The van der Waals surface area contributed by atoms with Gasteiger partial charge in [-0.15, -0.1) is 0 Å². The fourth-order valence-corrected chi connectivity index (χ4v) is 2.01. The smallest absolute Gasteiger partial charge is 0.227 e. The highest BCUT2D eigenvalue weighted by atomic mass is 16.5. The second-order valence-electron chi connectivity index (χ2n) is 4.56. The number of aromatic hydroxyl groups is 1. The Labute approximate surface area is 99.3 Å². The zero-order valence-electron chi connectivity index (χ0n) is 9.47. The van der Waals surface area contributed by atoms with Crippen molar-refractivity contribution in [2.24, 2.45) is 5.92 Å². The molecule has 1 saturated carbocycles. The molecule has 1 heterocycles. The van der Waals surface area contributed by atoms with E-state index in [0.717, 1.165) is 23.8 Å². The van der Waals surface area contributed by atoms with Crippen molar-refractivity contribution < 1.29 is 9.63 Å². The number of phenolic OH excluding ortho intramolecular Hbond substituents is 1. The lowest BCUT2D eigenvalue weighted by atomic mass is 9.83. The van der Waals surface area contributed by atoms with Crippen LogP contribution in [0.4, 0.5) is 0 Å². The van der Waals surface area contributed by atoms with Crippen LogP contribution in [0, 0.1) is 5.92 Å². The summed E-state index contributed by atoms with van der Waals surface area (Å²) in [6.07, 6.45) is 4.77. The Hall–Kier alpha value is -1.84. The van der Waals surface area contributed by atoms with Crippen LogP contribution in [0.1, 0.15) is 25.2 Å². The third-order valence-corrected chi connectivity index (χ3v) is 3.28. The molecular formula is C13H14N2O2. The number of hydrogen-bond acceptors (Lipinski definition) is 4. The van der Waals surface area contributed by atoms with Gasteiger partial charge in [-0.25, -0.2) is 0 Å². The molecule has 0 bridgehead atoms. The first-order valence-corrected chi connectivity index (χ1v) is 5.93. The normalized spacial score (nSPS) is 15.8. The van der Waals surface area contributed by atoms with Crippen LogP contribution in [0.25, 0.3) is 11.4 Å². The van der Waals surface area contributed by atoms with Gasteiger partial charge in [0, 0.05) is 12.0 Å². The minimum Gasteiger partial charge on any atom is -0.508 e. The molecule has 0 amide bonds. The Morgan fingerprint density at radius 1 is 1.24 bits per heavy atom. The predicted molar refractivity (Wildman–Crippen MR) is 62.4 cm³/mol. The van der Waals surface area contributed by atoms with E-state index in [1.807, 2.05) is 0 Å². The van der Waals surface area contributed by atoms with Gasteiger partial charge in [0.05, 0.1) is 0 Å². The zero-order valence-corrected chi connectivity index (χ0v) is 9.47. The van der Waals surface area contributed by atoms with Crippen LogP contribution in [0.5, 0.6) is 5.75 Å². The molecule has 1 fully saturated rings. The number of phenols is 1. The van der Waals surface area contributed by atoms with Crippen molar-refractivity contribution in [3.63, 3.8) is 0 Å². The third-order valence-electron chi connectivity index (χ3n) is 3.28. The Morgan fingerprint density at radius 2 is 2.00 bits per heavy atom. The van der Waals surface area contributed by atoms with Gasteiger partial charge in [0.1, 0.15) is 5.75 Å². The summed E-state index contributed by atoms with van der Waals surface area (Å²) in [6, 6.07) is 6.81. The first-order valence-electron chi connectivity index (χ1n) is 5.93. The van der Waals surface area contributed by atoms with E-state index >= 15 is 0 Å². The molecule has 4 heteroatoms. The van der Waals surface area contributed by atoms with Crippen LogP contribution in [0.3, 0.4) is 0 Å². The van der Waals surface area contributed by atoms with Gasteiger partial charge < -0.3 is 9.63 Å². The number of aromatic nitrogens is 2. The fourth-order valence-electron chi connectivity index (χ4n) is 2.01. The molecule has 1 aliphatic carbocycles. The van der Waals surface area contributed by atoms with Gasteiger partial charge in [-0.3, -0.25) is 0 Å². The molecule has 3 rings (SSSR count). The topological polar surface area (TPSA) is 59.2 Å². The highest BCUT2D eigenvalue weighted by Crippen LogP contribution is 2.29. The molecule has 1 N–H and O–H groups in total. The molecule has 0 spiro atoms. The molecule has 4 nitrogen and oxygen atoms in total. The van der Waals surface area contributed by atoms with Crippen LogP contribution in [-0.4, -0.2) is 15.2 Å². The lowest BCUT2D eigenvalue weighted by Crippen LogP contribution is -2.13. The largest absolute Gasteiger partial charge is 0.508 e. The Morgan fingerprint density at radius 3 is 2.65 bits per heavy atom. The second kappa shape index (κ2) is 4.20. The highest BCUT2D eigenvalue weighted by Gasteiger charge is 2.21. The van der Waals surface area contributed by atoms with Gasteiger partial charge >= 0.3 is 0 Å². The number of hydrogen-bond donors (Lipinski definition) is 1. The number of benzene rings is 1. The average Bonchev–Trinajstić information content (AvgIpc) is 2.73. The maximum Gasteiger partial charge on any atom is 0.227 e. The summed E-state index contributed by atoms with van der Waals surface area (Å²) in [4.78, 5) is 4.37. The summed E-state index contributed by atoms with van der Waals surface area (Å²) < 4.78 is 5.23. The lowest BCUT2D eigenvalue weighted by molar-refractivity contribution is 0.273. The van der Waals surface area contributed by atoms with E-state index in [4.69, 9.17) is 4.52 Å². The van der Waals surface area contributed by atoms with Crippen molar-refractivity contribution in [2.75, 3.05) is 0 Å². The molecule has 0 radical (unpaired) electrons. The molecule has 0 saturated heterocycles. The maximum absolute atomic E-state index is 9.20. The van der Waals surface area contributed by atoms with Crippen molar-refractivity contribution in [3.05, 3.63) is 30.2 Å². The van der Waals surface area contributed by atoms with Crippen molar-refractivity contribution in [1.82, 2.24) is 10.1 Å². The maximum atomic E-state index is 9.20. The zero-order chi connectivity index (χ0) is 11.7. The minimum absolute atomic E-state index is 0.243. The summed E-state index contributed by atoms with van der Waals surface area (Å²) in [5.74, 6) is 2.28. The average molecular weight is 230 g/mol. The van der Waals surface area contributed by atoms with E-state index < -0.39 is 0 Å². The van der Waals surface area contributed by atoms with E-state index in [1.54, 1.807) is 24.3 Å². The van der Waals surface area contributed by atoms with Crippen molar-refractivity contribution in [1.29, 1.82) is 0 Å². The lowest BCUT2D eigenvalue weighted by Gasteiger charge is -2.23. The summed E-state index contributed by atoms with van der Waals surface area (Å²) in [6.45, 7) is 0. The quantitative estimate of drug-likeness (QED) is 0.880. The predicted octanol–water partition coefficient (Wildman–Crippen LogP) is 2.78. The molecule has 2 aromatic rings. The first-order chi connectivity index (χ1) is 8.31. The molecule has 1 aromatic carbocycles. The summed E-state index contributed by atoms with van der Waals surface area (Å²) >= 11 is 0. The second-order valence-corrected chi connectivity index (χ2v) is 4.56. The fraction of sp³-hybridized carbons (Fsp3) is 0.385. The van der Waals surface area contributed by atoms with Gasteiger partial charge in [0.2, 0.25) is 11.7 Å². The van der Waals surface area contributed by atoms with Crippen LogP contribution >= 0.6 is 0 Å². The van der Waals surface area contributed by atoms with E-state index in [0.29, 0.717) is 5.82 Å². The minimum atomic E-state index is 0.243. The molecule has 0 aliphatic heterocycles. The SMILES string of the molecule is Oc1ccc(-c2noc(CC3CCC3)n2)cc1. The number of rotatable bonds is 3. The van der Waals surface area contributed by atoms with Gasteiger partial charge in [0.25, 0.3) is 0 Å². The van der Waals surface area contributed by atoms with Crippen molar-refractivity contribution in [2.45, 2.75) is 25.7 Å². The van der Waals surface area contributed by atoms with E-state index in [2.05, 4.69) is 10.1 Å². The van der Waals surface area contributed by atoms with E-state index in [-0.39, 0.29) is 5.75 Å². The summed E-state index contributed by atoms with van der Waals surface area (Å²) in [5.41, 5.74) is 0.867. The highest BCUT2D eigenvalue weighted by molar-refractivity contribution is 5.55. The van der Waals surface area contributed by atoms with Gasteiger partial charge in [-0.05, 0) is 43.0 Å².